The molecule has 0 fully saturated rings. The zero-order chi connectivity index (χ0) is 11.1. The summed E-state index contributed by atoms with van der Waals surface area (Å²) in [5.41, 5.74) is 1.59. The van der Waals surface area contributed by atoms with E-state index >= 15 is 0 Å². The third-order valence-electron chi connectivity index (χ3n) is 1.89. The van der Waals surface area contributed by atoms with Gasteiger partial charge in [-0.15, -0.1) is 11.6 Å². The van der Waals surface area contributed by atoms with Crippen LogP contribution in [0, 0.1) is 11.3 Å². The van der Waals surface area contributed by atoms with Crippen molar-refractivity contribution in [3.05, 3.63) is 35.4 Å². The summed E-state index contributed by atoms with van der Waals surface area (Å²) < 4.78 is 0. The van der Waals surface area contributed by atoms with Crippen molar-refractivity contribution in [2.75, 3.05) is 5.88 Å². The van der Waals surface area contributed by atoms with Crippen LogP contribution in [0.2, 0.25) is 0 Å². The number of hydrogen-bond acceptors (Lipinski definition) is 2. The molecule has 1 aromatic carbocycles. The fourth-order valence-electron chi connectivity index (χ4n) is 1.07. The molecule has 0 radical (unpaired) electrons. The lowest BCUT2D eigenvalue weighted by molar-refractivity contribution is -0.120. The molecule has 0 bridgehead atoms. The van der Waals surface area contributed by atoms with E-state index in [0.717, 1.165) is 5.56 Å². The van der Waals surface area contributed by atoms with Crippen molar-refractivity contribution >= 4 is 17.5 Å². The van der Waals surface area contributed by atoms with E-state index in [9.17, 15) is 4.79 Å². The van der Waals surface area contributed by atoms with E-state index in [1.807, 2.05) is 18.2 Å². The average molecular weight is 223 g/mol. The number of carbonyl (C=O) groups excluding carboxylic acids is 1. The minimum absolute atomic E-state index is 0.0608. The normalized spacial score (nSPS) is 9.33. The summed E-state index contributed by atoms with van der Waals surface area (Å²) in [7, 11) is 0. The van der Waals surface area contributed by atoms with Gasteiger partial charge in [0.25, 0.3) is 0 Å². The SMILES string of the molecule is N#Cc1ccc(CNC(=O)CCCl)cc1. The van der Waals surface area contributed by atoms with Crippen LogP contribution in [0.3, 0.4) is 0 Å². The Morgan fingerprint density at radius 1 is 1.40 bits per heavy atom. The maximum Gasteiger partial charge on any atom is 0.221 e. The van der Waals surface area contributed by atoms with Crippen molar-refractivity contribution in [3.8, 4) is 6.07 Å². The van der Waals surface area contributed by atoms with Crippen LogP contribution in [-0.2, 0) is 11.3 Å². The molecule has 0 atom stereocenters. The maximum atomic E-state index is 11.1. The van der Waals surface area contributed by atoms with E-state index in [0.29, 0.717) is 24.4 Å². The van der Waals surface area contributed by atoms with Gasteiger partial charge in [-0.1, -0.05) is 12.1 Å². The minimum Gasteiger partial charge on any atom is -0.352 e. The second-order valence-electron chi connectivity index (χ2n) is 3.02. The molecule has 0 spiro atoms. The van der Waals surface area contributed by atoms with Crippen molar-refractivity contribution < 1.29 is 4.79 Å². The van der Waals surface area contributed by atoms with Gasteiger partial charge in [-0.25, -0.2) is 0 Å². The highest BCUT2D eigenvalue weighted by Gasteiger charge is 1.99. The van der Waals surface area contributed by atoms with Gasteiger partial charge in [0.1, 0.15) is 0 Å². The highest BCUT2D eigenvalue weighted by Crippen LogP contribution is 2.02. The Morgan fingerprint density at radius 2 is 2.07 bits per heavy atom. The van der Waals surface area contributed by atoms with Gasteiger partial charge in [-0.05, 0) is 17.7 Å². The highest BCUT2D eigenvalue weighted by molar-refractivity contribution is 6.18. The molecule has 0 aliphatic carbocycles. The molecule has 0 aromatic heterocycles. The molecule has 0 aliphatic rings. The van der Waals surface area contributed by atoms with E-state index in [2.05, 4.69) is 5.32 Å². The Bertz CT molecular complexity index is 367. The number of halogens is 1. The number of hydrogen-bond donors (Lipinski definition) is 1. The molecule has 0 saturated heterocycles. The molecule has 0 unspecified atom stereocenters. The number of alkyl halides is 1. The van der Waals surface area contributed by atoms with Gasteiger partial charge >= 0.3 is 0 Å². The Labute approximate surface area is 93.7 Å². The second-order valence-corrected chi connectivity index (χ2v) is 3.40. The van der Waals surface area contributed by atoms with Crippen LogP contribution in [0.25, 0.3) is 0 Å². The molecule has 0 heterocycles. The predicted molar refractivity (Wildman–Crippen MR) is 58.3 cm³/mol. The molecule has 4 heteroatoms. The Balaban J connectivity index is 2.45. The zero-order valence-electron chi connectivity index (χ0n) is 8.16. The molecule has 78 valence electrons. The van der Waals surface area contributed by atoms with Gasteiger partial charge in [0.2, 0.25) is 5.91 Å². The van der Waals surface area contributed by atoms with E-state index in [-0.39, 0.29) is 5.91 Å². The van der Waals surface area contributed by atoms with Gasteiger partial charge in [0, 0.05) is 18.8 Å². The minimum atomic E-state index is -0.0608. The van der Waals surface area contributed by atoms with Crippen LogP contribution in [0.15, 0.2) is 24.3 Å². The number of rotatable bonds is 4. The molecular weight excluding hydrogens is 212 g/mol. The number of amides is 1. The smallest absolute Gasteiger partial charge is 0.221 e. The number of nitriles is 1. The lowest BCUT2D eigenvalue weighted by Gasteiger charge is -2.03. The summed E-state index contributed by atoms with van der Waals surface area (Å²) >= 11 is 5.42. The average Bonchev–Trinajstić information content (AvgIpc) is 2.27. The molecule has 1 amide bonds. The molecular formula is C11H11ClN2O. The van der Waals surface area contributed by atoms with Crippen LogP contribution < -0.4 is 5.32 Å². The number of carbonyl (C=O) groups is 1. The summed E-state index contributed by atoms with van der Waals surface area (Å²) in [4.78, 5) is 11.1. The van der Waals surface area contributed by atoms with E-state index in [4.69, 9.17) is 16.9 Å². The standard InChI is InChI=1S/C11H11ClN2O/c12-6-5-11(15)14-8-10-3-1-9(7-13)2-4-10/h1-4H,5-6,8H2,(H,14,15). The number of nitrogens with zero attached hydrogens (tertiary/aromatic N) is 1. The van der Waals surface area contributed by atoms with Crippen LogP contribution in [0.4, 0.5) is 0 Å². The topological polar surface area (TPSA) is 52.9 Å². The fraction of sp³-hybridized carbons (Fsp3) is 0.273. The van der Waals surface area contributed by atoms with Crippen LogP contribution >= 0.6 is 11.6 Å². The number of benzene rings is 1. The monoisotopic (exact) mass is 222 g/mol. The zero-order valence-corrected chi connectivity index (χ0v) is 8.92. The first-order chi connectivity index (χ1) is 7.26. The second kappa shape index (κ2) is 6.05. The maximum absolute atomic E-state index is 11.1. The summed E-state index contributed by atoms with van der Waals surface area (Å²) in [6.07, 6.45) is 0.331. The summed E-state index contributed by atoms with van der Waals surface area (Å²) in [6, 6.07) is 9.12. The van der Waals surface area contributed by atoms with Crippen molar-refractivity contribution in [3.63, 3.8) is 0 Å². The van der Waals surface area contributed by atoms with E-state index in [1.165, 1.54) is 0 Å². The molecule has 1 rings (SSSR count). The largest absolute Gasteiger partial charge is 0.352 e. The third-order valence-corrected chi connectivity index (χ3v) is 2.08. The predicted octanol–water partition coefficient (Wildman–Crippen LogP) is 1.80. The molecule has 3 nitrogen and oxygen atoms in total. The third kappa shape index (κ3) is 4.01. The lowest BCUT2D eigenvalue weighted by atomic mass is 10.1. The summed E-state index contributed by atoms with van der Waals surface area (Å²) in [6.45, 7) is 0.474. The first-order valence-corrected chi connectivity index (χ1v) is 5.11. The lowest BCUT2D eigenvalue weighted by Crippen LogP contribution is -2.22. The fourth-order valence-corrected chi connectivity index (χ4v) is 1.24. The summed E-state index contributed by atoms with van der Waals surface area (Å²) in [5.74, 6) is 0.272. The van der Waals surface area contributed by atoms with Crippen LogP contribution in [0.5, 0.6) is 0 Å². The Kier molecular flexibility index (Phi) is 4.65. The van der Waals surface area contributed by atoms with Crippen molar-refractivity contribution in [1.82, 2.24) is 5.32 Å². The van der Waals surface area contributed by atoms with Gasteiger partial charge < -0.3 is 5.32 Å². The molecule has 0 aliphatic heterocycles. The van der Waals surface area contributed by atoms with Crippen molar-refractivity contribution in [2.45, 2.75) is 13.0 Å². The highest BCUT2D eigenvalue weighted by atomic mass is 35.5. The Hall–Kier alpha value is -1.53. The Morgan fingerprint density at radius 3 is 2.60 bits per heavy atom. The first-order valence-electron chi connectivity index (χ1n) is 4.58. The van der Waals surface area contributed by atoms with Crippen LogP contribution in [-0.4, -0.2) is 11.8 Å². The van der Waals surface area contributed by atoms with Gasteiger partial charge in [0.15, 0.2) is 0 Å². The molecule has 1 aromatic rings. The quantitative estimate of drug-likeness (QED) is 0.790. The van der Waals surface area contributed by atoms with Gasteiger partial charge in [0.05, 0.1) is 11.6 Å². The first kappa shape index (κ1) is 11.5. The van der Waals surface area contributed by atoms with Gasteiger partial charge in [-0.2, -0.15) is 5.26 Å². The van der Waals surface area contributed by atoms with E-state index < -0.39 is 0 Å². The van der Waals surface area contributed by atoms with E-state index in [1.54, 1.807) is 12.1 Å². The van der Waals surface area contributed by atoms with Crippen molar-refractivity contribution in [1.29, 1.82) is 5.26 Å². The van der Waals surface area contributed by atoms with Gasteiger partial charge in [-0.3, -0.25) is 4.79 Å². The molecule has 1 N–H and O–H groups in total. The van der Waals surface area contributed by atoms with Crippen LogP contribution in [0.1, 0.15) is 17.5 Å². The molecule has 0 saturated carbocycles. The summed E-state index contributed by atoms with van der Waals surface area (Å²) in [5, 5.41) is 11.3. The molecule has 15 heavy (non-hydrogen) atoms. The number of nitrogens with one attached hydrogen (secondary N) is 1. The van der Waals surface area contributed by atoms with Crippen molar-refractivity contribution in [2.24, 2.45) is 0 Å².